The molecule has 48 heavy (non-hydrogen) atoms. The van der Waals surface area contributed by atoms with Gasteiger partial charge in [0.05, 0.1) is 11.4 Å². The van der Waals surface area contributed by atoms with Crippen LogP contribution in [0.15, 0.2) is 155 Å². The molecule has 0 radical (unpaired) electrons. The van der Waals surface area contributed by atoms with Crippen molar-refractivity contribution in [1.82, 2.24) is 4.98 Å². The highest BCUT2D eigenvalue weighted by molar-refractivity contribution is 6.13. The second kappa shape index (κ2) is 14.5. The number of nitrogens with zero attached hydrogens (tertiary/aromatic N) is 3. The second-order valence-corrected chi connectivity index (χ2v) is 13.4. The van der Waals surface area contributed by atoms with Crippen LogP contribution in [0, 0.1) is 0 Å². The van der Waals surface area contributed by atoms with Gasteiger partial charge in [0.1, 0.15) is 0 Å². The maximum Gasteiger partial charge on any atom is 0.159 e. The molecular weight excluding hydrogens is 583 g/mol. The summed E-state index contributed by atoms with van der Waals surface area (Å²) in [4.78, 5) is 14.8. The van der Waals surface area contributed by atoms with Crippen molar-refractivity contribution >= 4 is 22.8 Å². The normalized spacial score (nSPS) is 19.4. The van der Waals surface area contributed by atoms with Crippen molar-refractivity contribution in [2.75, 3.05) is 0 Å². The topological polar surface area (TPSA) is 37.6 Å². The van der Waals surface area contributed by atoms with Gasteiger partial charge in [-0.05, 0) is 91.3 Å². The molecule has 2 aromatic carbocycles. The number of benzene rings is 2. The van der Waals surface area contributed by atoms with Crippen LogP contribution < -0.4 is 0 Å². The lowest BCUT2D eigenvalue weighted by atomic mass is 9.64. The van der Waals surface area contributed by atoms with E-state index in [0.717, 1.165) is 65.9 Å². The molecule has 1 saturated carbocycles. The van der Waals surface area contributed by atoms with Gasteiger partial charge < -0.3 is 0 Å². The molecule has 3 heteroatoms. The van der Waals surface area contributed by atoms with Gasteiger partial charge in [-0.15, -0.1) is 0 Å². The van der Waals surface area contributed by atoms with Crippen LogP contribution in [-0.2, 0) is 11.8 Å². The Balaban J connectivity index is 1.16. The summed E-state index contributed by atoms with van der Waals surface area (Å²) < 4.78 is 0. The fourth-order valence-electron chi connectivity index (χ4n) is 7.70. The molecule has 4 aliphatic carbocycles. The number of rotatable bonds is 7. The molecule has 0 N–H and O–H groups in total. The summed E-state index contributed by atoms with van der Waals surface area (Å²) in [5.74, 6) is 0.716. The summed E-state index contributed by atoms with van der Waals surface area (Å²) in [5.41, 5.74) is 12.8. The number of hydrogen-bond acceptors (Lipinski definition) is 2. The Morgan fingerprint density at radius 1 is 0.750 bits per heavy atom. The average molecular weight is 628 g/mol. The van der Waals surface area contributed by atoms with E-state index in [0.29, 0.717) is 5.84 Å². The van der Waals surface area contributed by atoms with Crippen LogP contribution in [0.2, 0.25) is 0 Å². The molecule has 1 heterocycles. The fourth-order valence-corrected chi connectivity index (χ4v) is 7.70. The maximum absolute atomic E-state index is 5.04. The minimum absolute atomic E-state index is 0.0121. The molecule has 240 valence electrons. The van der Waals surface area contributed by atoms with Crippen molar-refractivity contribution in [3.8, 4) is 0 Å². The SMILES string of the molecule is C=C(N=C(N=C(C)c1ccccc1)C1=CCCC=C1)c1ccc(C2(C3=CCC=C(C4=CCCc5cccnc54)C=C3)CCCCC2)cc1. The van der Waals surface area contributed by atoms with Crippen LogP contribution in [0.3, 0.4) is 0 Å². The quantitative estimate of drug-likeness (QED) is 0.190. The molecule has 1 fully saturated rings. The highest BCUT2D eigenvalue weighted by Gasteiger charge is 2.36. The zero-order valence-electron chi connectivity index (χ0n) is 28.2. The molecule has 0 unspecified atom stereocenters. The number of pyridine rings is 1. The predicted octanol–water partition coefficient (Wildman–Crippen LogP) is 11.3. The Bertz CT molecular complexity index is 1920. The van der Waals surface area contributed by atoms with Crippen LogP contribution in [0.1, 0.15) is 92.7 Å². The average Bonchev–Trinajstić information content (AvgIpc) is 3.42. The van der Waals surface area contributed by atoms with Gasteiger partial charge in [0.15, 0.2) is 5.84 Å². The minimum atomic E-state index is 0.0121. The van der Waals surface area contributed by atoms with E-state index in [-0.39, 0.29) is 5.41 Å². The first-order chi connectivity index (χ1) is 23.6. The lowest BCUT2D eigenvalue weighted by Crippen LogP contribution is -2.31. The van der Waals surface area contributed by atoms with Crippen LogP contribution in [0.25, 0.3) is 11.3 Å². The fraction of sp³-hybridized carbons (Fsp3) is 0.267. The first-order valence-electron chi connectivity index (χ1n) is 17.7. The third-order valence-corrected chi connectivity index (χ3v) is 10.3. The number of amidine groups is 1. The largest absolute Gasteiger partial charge is 0.256 e. The molecular formula is C45H45N3. The summed E-state index contributed by atoms with van der Waals surface area (Å²) in [7, 11) is 0. The molecule has 1 aromatic heterocycles. The van der Waals surface area contributed by atoms with E-state index in [4.69, 9.17) is 15.0 Å². The standard InChI is InChI=1S/C45H45N3/c1-33(35-15-6-3-7-16-35)47-44(39-17-8-4-9-18-39)48-34(2)36-24-27-41(28-25-36)45(30-10-5-11-31-45)40-22-12-19-37(26-29-40)42-23-13-20-38-21-14-32-46-43(38)42/h3,6-8,14-19,21-29,32H,2,4-5,9-13,20,30-31H2,1H3. The van der Waals surface area contributed by atoms with Gasteiger partial charge >= 0.3 is 0 Å². The zero-order valence-corrected chi connectivity index (χ0v) is 28.2. The van der Waals surface area contributed by atoms with Crippen LogP contribution in [-0.4, -0.2) is 16.5 Å². The lowest BCUT2D eigenvalue weighted by Gasteiger charge is -2.39. The van der Waals surface area contributed by atoms with Gasteiger partial charge in [-0.3, -0.25) is 4.98 Å². The van der Waals surface area contributed by atoms with Gasteiger partial charge in [0.25, 0.3) is 0 Å². The van der Waals surface area contributed by atoms with Gasteiger partial charge in [-0.2, -0.15) is 0 Å². The van der Waals surface area contributed by atoms with Gasteiger partial charge in [0.2, 0.25) is 0 Å². The van der Waals surface area contributed by atoms with E-state index in [2.05, 4.69) is 111 Å². The van der Waals surface area contributed by atoms with E-state index in [1.165, 1.54) is 60.0 Å². The van der Waals surface area contributed by atoms with E-state index < -0.39 is 0 Å². The number of aryl methyl sites for hydroxylation is 1. The molecule has 0 spiro atoms. The number of aliphatic imine (C=N–C) groups is 2. The number of aromatic nitrogens is 1. The van der Waals surface area contributed by atoms with E-state index in [1.807, 2.05) is 24.4 Å². The molecule has 3 aromatic rings. The highest BCUT2D eigenvalue weighted by Crippen LogP contribution is 2.47. The first kappa shape index (κ1) is 31.7. The van der Waals surface area contributed by atoms with E-state index in [1.54, 1.807) is 0 Å². The van der Waals surface area contributed by atoms with Gasteiger partial charge in [0, 0.05) is 28.5 Å². The van der Waals surface area contributed by atoms with Crippen molar-refractivity contribution in [3.05, 3.63) is 173 Å². The molecule has 0 saturated heterocycles. The Morgan fingerprint density at radius 2 is 1.58 bits per heavy atom. The van der Waals surface area contributed by atoms with E-state index >= 15 is 0 Å². The second-order valence-electron chi connectivity index (χ2n) is 13.4. The van der Waals surface area contributed by atoms with Crippen molar-refractivity contribution in [3.63, 3.8) is 0 Å². The molecule has 0 amide bonds. The van der Waals surface area contributed by atoms with Crippen LogP contribution in [0.5, 0.6) is 0 Å². The Morgan fingerprint density at radius 3 is 2.38 bits per heavy atom. The lowest BCUT2D eigenvalue weighted by molar-refractivity contribution is 0.344. The summed E-state index contributed by atoms with van der Waals surface area (Å²) >= 11 is 0. The number of allylic oxidation sites excluding steroid dienone is 10. The minimum Gasteiger partial charge on any atom is -0.256 e. The monoisotopic (exact) mass is 627 g/mol. The third-order valence-electron chi connectivity index (χ3n) is 10.3. The third kappa shape index (κ3) is 6.73. The molecule has 0 atom stereocenters. The number of fused-ring (bicyclic) bond motifs is 1. The zero-order chi connectivity index (χ0) is 32.8. The van der Waals surface area contributed by atoms with E-state index in [9.17, 15) is 0 Å². The molecule has 0 aliphatic heterocycles. The molecule has 7 rings (SSSR count). The van der Waals surface area contributed by atoms with Crippen molar-refractivity contribution < 1.29 is 0 Å². The first-order valence-corrected chi connectivity index (χ1v) is 17.7. The van der Waals surface area contributed by atoms with Crippen molar-refractivity contribution in [2.24, 2.45) is 9.98 Å². The van der Waals surface area contributed by atoms with Crippen LogP contribution >= 0.6 is 0 Å². The summed E-state index contributed by atoms with van der Waals surface area (Å²) in [6.07, 6.45) is 31.7. The van der Waals surface area contributed by atoms with Gasteiger partial charge in [-0.25, -0.2) is 9.98 Å². The summed E-state index contributed by atoms with van der Waals surface area (Å²) in [5, 5.41) is 0. The van der Waals surface area contributed by atoms with Crippen LogP contribution in [0.4, 0.5) is 0 Å². The summed E-state index contributed by atoms with van der Waals surface area (Å²) in [6, 6.07) is 23.7. The Labute approximate surface area is 286 Å². The Kier molecular flexibility index (Phi) is 9.56. The highest BCUT2D eigenvalue weighted by atomic mass is 14.9. The molecule has 0 bridgehead atoms. The predicted molar refractivity (Wildman–Crippen MR) is 203 cm³/mol. The Hall–Kier alpha value is -4.89. The molecule has 4 aliphatic rings. The summed E-state index contributed by atoms with van der Waals surface area (Å²) in [6.45, 7) is 6.47. The number of hydrogen-bond donors (Lipinski definition) is 0. The maximum atomic E-state index is 5.04. The smallest absolute Gasteiger partial charge is 0.159 e. The van der Waals surface area contributed by atoms with Crippen molar-refractivity contribution in [2.45, 2.75) is 76.5 Å². The molecule has 3 nitrogen and oxygen atoms in total. The van der Waals surface area contributed by atoms with Crippen molar-refractivity contribution in [1.29, 1.82) is 0 Å². The van der Waals surface area contributed by atoms with Gasteiger partial charge in [-0.1, -0.05) is 135 Å².